The SMILES string of the molecule is CCc1cnc(CCNC(=O)N2CC[C@@H](C)[C@H](OC)C2)s1. The van der Waals surface area contributed by atoms with Gasteiger partial charge in [-0.05, 0) is 18.8 Å². The molecule has 0 aromatic carbocycles. The number of carbonyl (C=O) groups is 1. The van der Waals surface area contributed by atoms with Crippen LogP contribution in [0.1, 0.15) is 30.2 Å². The lowest BCUT2D eigenvalue weighted by Crippen LogP contribution is -2.50. The Balaban J connectivity index is 1.74. The summed E-state index contributed by atoms with van der Waals surface area (Å²) in [5.41, 5.74) is 0. The number of methoxy groups -OCH3 is 1. The maximum atomic E-state index is 12.2. The smallest absolute Gasteiger partial charge is 0.317 e. The Morgan fingerprint density at radius 3 is 3.10 bits per heavy atom. The third-order valence-electron chi connectivity index (χ3n) is 4.04. The van der Waals surface area contributed by atoms with Crippen LogP contribution in [0.4, 0.5) is 4.79 Å². The number of carbonyl (C=O) groups excluding carboxylic acids is 1. The first-order valence-electron chi connectivity index (χ1n) is 7.63. The summed E-state index contributed by atoms with van der Waals surface area (Å²) in [6, 6.07) is 0.0104. The van der Waals surface area contributed by atoms with Crippen molar-refractivity contribution in [3.05, 3.63) is 16.1 Å². The number of piperidine rings is 1. The Morgan fingerprint density at radius 1 is 1.62 bits per heavy atom. The van der Waals surface area contributed by atoms with Crippen molar-refractivity contribution < 1.29 is 9.53 Å². The maximum Gasteiger partial charge on any atom is 0.317 e. The number of nitrogens with one attached hydrogen (secondary N) is 1. The van der Waals surface area contributed by atoms with Gasteiger partial charge in [0.25, 0.3) is 0 Å². The monoisotopic (exact) mass is 311 g/mol. The first kappa shape index (κ1) is 16.2. The maximum absolute atomic E-state index is 12.2. The molecule has 0 aliphatic carbocycles. The molecule has 118 valence electrons. The molecule has 0 unspecified atom stereocenters. The fourth-order valence-electron chi connectivity index (χ4n) is 2.54. The molecule has 5 nitrogen and oxygen atoms in total. The van der Waals surface area contributed by atoms with E-state index in [0.717, 1.165) is 30.8 Å². The Labute approximate surface area is 130 Å². The van der Waals surface area contributed by atoms with E-state index in [-0.39, 0.29) is 12.1 Å². The summed E-state index contributed by atoms with van der Waals surface area (Å²) < 4.78 is 5.44. The van der Waals surface area contributed by atoms with E-state index >= 15 is 0 Å². The van der Waals surface area contributed by atoms with Crippen LogP contribution in [0, 0.1) is 5.92 Å². The van der Waals surface area contributed by atoms with Crippen LogP contribution in [0.25, 0.3) is 0 Å². The van der Waals surface area contributed by atoms with Gasteiger partial charge in [-0.2, -0.15) is 0 Å². The molecular weight excluding hydrogens is 286 g/mol. The molecular formula is C15H25N3O2S. The summed E-state index contributed by atoms with van der Waals surface area (Å²) in [4.78, 5) is 19.7. The van der Waals surface area contributed by atoms with Crippen LogP contribution in [0.3, 0.4) is 0 Å². The van der Waals surface area contributed by atoms with Crippen molar-refractivity contribution in [1.29, 1.82) is 0 Å². The van der Waals surface area contributed by atoms with E-state index < -0.39 is 0 Å². The van der Waals surface area contributed by atoms with Gasteiger partial charge in [0, 0.05) is 44.2 Å². The number of likely N-dealkylation sites (tertiary alicyclic amines) is 1. The summed E-state index contributed by atoms with van der Waals surface area (Å²) in [6.07, 6.45) is 4.90. The van der Waals surface area contributed by atoms with Crippen LogP contribution < -0.4 is 5.32 Å². The van der Waals surface area contributed by atoms with Crippen LogP contribution in [0.5, 0.6) is 0 Å². The summed E-state index contributed by atoms with van der Waals surface area (Å²) >= 11 is 1.73. The van der Waals surface area contributed by atoms with Gasteiger partial charge in [0.15, 0.2) is 0 Å². The third kappa shape index (κ3) is 4.41. The predicted molar refractivity (Wildman–Crippen MR) is 84.7 cm³/mol. The second-order valence-electron chi connectivity index (χ2n) is 5.54. The van der Waals surface area contributed by atoms with Gasteiger partial charge in [-0.1, -0.05) is 13.8 Å². The zero-order chi connectivity index (χ0) is 15.2. The molecule has 0 saturated carbocycles. The summed E-state index contributed by atoms with van der Waals surface area (Å²) in [5.74, 6) is 0.516. The standard InChI is InChI=1S/C15H25N3O2S/c1-4-12-9-17-14(21-12)5-7-16-15(19)18-8-6-11(2)13(10-18)20-3/h9,11,13H,4-8,10H2,1-3H3,(H,16,19)/t11-,13-/m1/s1. The molecule has 2 rings (SSSR count). The largest absolute Gasteiger partial charge is 0.379 e. The van der Waals surface area contributed by atoms with Crippen molar-refractivity contribution in [2.24, 2.45) is 5.92 Å². The first-order valence-corrected chi connectivity index (χ1v) is 8.44. The molecule has 6 heteroatoms. The summed E-state index contributed by atoms with van der Waals surface area (Å²) in [7, 11) is 1.72. The van der Waals surface area contributed by atoms with Crippen molar-refractivity contribution in [1.82, 2.24) is 15.2 Å². The predicted octanol–water partition coefficient (Wildman–Crippen LogP) is 2.31. The molecule has 1 aromatic heterocycles. The number of urea groups is 1. The van der Waals surface area contributed by atoms with Crippen LogP contribution in [-0.2, 0) is 17.6 Å². The van der Waals surface area contributed by atoms with Crippen LogP contribution in [0.2, 0.25) is 0 Å². The van der Waals surface area contributed by atoms with Crippen molar-refractivity contribution in [2.45, 2.75) is 39.2 Å². The molecule has 1 saturated heterocycles. The van der Waals surface area contributed by atoms with E-state index in [9.17, 15) is 4.79 Å². The quantitative estimate of drug-likeness (QED) is 0.908. The average molecular weight is 311 g/mol. The molecule has 0 bridgehead atoms. The zero-order valence-corrected chi connectivity index (χ0v) is 13.9. The second-order valence-corrected chi connectivity index (χ2v) is 6.74. The van der Waals surface area contributed by atoms with Gasteiger partial charge in [-0.15, -0.1) is 11.3 Å². The van der Waals surface area contributed by atoms with Gasteiger partial charge >= 0.3 is 6.03 Å². The molecule has 0 radical (unpaired) electrons. The molecule has 2 heterocycles. The highest BCUT2D eigenvalue weighted by molar-refractivity contribution is 7.11. The normalized spacial score (nSPS) is 22.3. The molecule has 2 atom stereocenters. The Bertz CT molecular complexity index is 464. The second kappa shape index (κ2) is 7.75. The number of thiazole rings is 1. The lowest BCUT2D eigenvalue weighted by atomic mass is 9.96. The molecule has 1 aromatic rings. The number of hydrogen-bond donors (Lipinski definition) is 1. The molecule has 1 aliphatic rings. The highest BCUT2D eigenvalue weighted by atomic mass is 32.1. The van der Waals surface area contributed by atoms with Crippen LogP contribution >= 0.6 is 11.3 Å². The number of nitrogens with zero attached hydrogens (tertiary/aromatic N) is 2. The molecule has 1 N–H and O–H groups in total. The van der Waals surface area contributed by atoms with Crippen molar-refractivity contribution >= 4 is 17.4 Å². The van der Waals surface area contributed by atoms with Gasteiger partial charge in [0.05, 0.1) is 11.1 Å². The molecule has 21 heavy (non-hydrogen) atoms. The summed E-state index contributed by atoms with van der Waals surface area (Å²) in [6.45, 7) is 6.43. The topological polar surface area (TPSA) is 54.5 Å². The van der Waals surface area contributed by atoms with Crippen LogP contribution in [0.15, 0.2) is 6.20 Å². The number of amides is 2. The first-order chi connectivity index (χ1) is 10.1. The third-order valence-corrected chi connectivity index (χ3v) is 5.25. The highest BCUT2D eigenvalue weighted by Gasteiger charge is 2.28. The molecule has 0 spiro atoms. The Morgan fingerprint density at radius 2 is 2.43 bits per heavy atom. The average Bonchev–Trinajstić information content (AvgIpc) is 2.95. The van der Waals surface area contributed by atoms with Crippen molar-refractivity contribution in [3.8, 4) is 0 Å². The fourth-order valence-corrected chi connectivity index (χ4v) is 3.40. The van der Waals surface area contributed by atoms with Crippen LogP contribution in [-0.4, -0.2) is 48.8 Å². The molecule has 1 fully saturated rings. The van der Waals surface area contributed by atoms with Gasteiger partial charge in [0.1, 0.15) is 0 Å². The van der Waals surface area contributed by atoms with Crippen molar-refractivity contribution in [2.75, 3.05) is 26.7 Å². The van der Waals surface area contributed by atoms with E-state index in [1.165, 1.54) is 4.88 Å². The van der Waals surface area contributed by atoms with E-state index in [1.807, 2.05) is 11.1 Å². The number of aromatic nitrogens is 1. The van der Waals surface area contributed by atoms with Crippen molar-refractivity contribution in [3.63, 3.8) is 0 Å². The zero-order valence-electron chi connectivity index (χ0n) is 13.1. The minimum absolute atomic E-state index is 0.0104. The van der Waals surface area contributed by atoms with Gasteiger partial charge < -0.3 is 15.0 Å². The fraction of sp³-hybridized carbons (Fsp3) is 0.733. The minimum atomic E-state index is 0.0104. The van der Waals surface area contributed by atoms with Gasteiger partial charge in [-0.3, -0.25) is 0 Å². The van der Waals surface area contributed by atoms with E-state index in [4.69, 9.17) is 4.74 Å². The Kier molecular flexibility index (Phi) is 5.99. The number of ether oxygens (including phenoxy) is 1. The van der Waals surface area contributed by atoms with Gasteiger partial charge in [0.2, 0.25) is 0 Å². The highest BCUT2D eigenvalue weighted by Crippen LogP contribution is 2.19. The van der Waals surface area contributed by atoms with E-state index in [1.54, 1.807) is 18.4 Å². The molecule has 1 aliphatic heterocycles. The lowest BCUT2D eigenvalue weighted by molar-refractivity contribution is 0.00722. The number of aryl methyl sites for hydroxylation is 1. The number of hydrogen-bond acceptors (Lipinski definition) is 4. The van der Waals surface area contributed by atoms with E-state index in [0.29, 0.717) is 19.0 Å². The molecule has 2 amide bonds. The minimum Gasteiger partial charge on any atom is -0.379 e. The van der Waals surface area contributed by atoms with Gasteiger partial charge in [-0.25, -0.2) is 9.78 Å². The lowest BCUT2D eigenvalue weighted by Gasteiger charge is -2.36. The summed E-state index contributed by atoms with van der Waals surface area (Å²) in [5, 5.41) is 4.08. The number of rotatable bonds is 5. The Hall–Kier alpha value is -1.14. The van der Waals surface area contributed by atoms with E-state index in [2.05, 4.69) is 24.1 Å².